The summed E-state index contributed by atoms with van der Waals surface area (Å²) in [5.74, 6) is 0.212. The Morgan fingerprint density at radius 2 is 2.36 bits per heavy atom. The SMILES string of the molecule is CCOC(=O)CC(=O)NCCCC1C=CC2=CCCN=C2N1. The lowest BCUT2D eigenvalue weighted by atomic mass is 10.0. The molecule has 6 heteroatoms. The first-order valence-electron chi connectivity index (χ1n) is 7.81. The molecule has 0 spiro atoms. The number of hydrogen-bond acceptors (Lipinski definition) is 5. The number of amidine groups is 1. The molecule has 0 saturated heterocycles. The monoisotopic (exact) mass is 305 g/mol. The predicted octanol–water partition coefficient (Wildman–Crippen LogP) is 1.09. The molecule has 1 unspecified atom stereocenters. The van der Waals surface area contributed by atoms with E-state index in [0.717, 1.165) is 31.6 Å². The van der Waals surface area contributed by atoms with Crippen LogP contribution in [0.5, 0.6) is 0 Å². The van der Waals surface area contributed by atoms with Gasteiger partial charge in [0.2, 0.25) is 5.91 Å². The number of dihydropyridines is 1. The van der Waals surface area contributed by atoms with E-state index >= 15 is 0 Å². The molecule has 0 saturated carbocycles. The summed E-state index contributed by atoms with van der Waals surface area (Å²) in [6.07, 6.45) is 8.97. The summed E-state index contributed by atoms with van der Waals surface area (Å²) in [5.41, 5.74) is 1.17. The number of rotatable bonds is 7. The maximum Gasteiger partial charge on any atom is 0.315 e. The van der Waals surface area contributed by atoms with Crippen molar-refractivity contribution in [3.63, 3.8) is 0 Å². The number of ether oxygens (including phenoxy) is 1. The lowest BCUT2D eigenvalue weighted by Crippen LogP contribution is -2.39. The molecule has 2 N–H and O–H groups in total. The highest BCUT2D eigenvalue weighted by molar-refractivity contribution is 6.02. The Bertz CT molecular complexity index is 509. The van der Waals surface area contributed by atoms with Gasteiger partial charge in [-0.25, -0.2) is 0 Å². The van der Waals surface area contributed by atoms with E-state index < -0.39 is 5.97 Å². The number of esters is 1. The number of hydrogen-bond donors (Lipinski definition) is 2. The third kappa shape index (κ3) is 5.02. The molecule has 0 aromatic heterocycles. The Balaban J connectivity index is 1.63. The molecule has 0 aliphatic carbocycles. The van der Waals surface area contributed by atoms with Crippen LogP contribution < -0.4 is 10.6 Å². The van der Waals surface area contributed by atoms with E-state index in [9.17, 15) is 9.59 Å². The maximum atomic E-state index is 11.5. The van der Waals surface area contributed by atoms with Crippen molar-refractivity contribution < 1.29 is 14.3 Å². The fourth-order valence-corrected chi connectivity index (χ4v) is 2.43. The Morgan fingerprint density at radius 1 is 1.50 bits per heavy atom. The van der Waals surface area contributed by atoms with Crippen molar-refractivity contribution in [2.75, 3.05) is 19.7 Å². The number of nitrogens with one attached hydrogen (secondary N) is 2. The Kier molecular flexibility index (Phi) is 6.18. The summed E-state index contributed by atoms with van der Waals surface area (Å²) in [6.45, 7) is 3.42. The third-order valence-electron chi connectivity index (χ3n) is 3.49. The van der Waals surface area contributed by atoms with Crippen molar-refractivity contribution in [2.45, 2.75) is 38.6 Å². The summed E-state index contributed by atoms with van der Waals surface area (Å²) in [5, 5.41) is 6.14. The summed E-state index contributed by atoms with van der Waals surface area (Å²) in [7, 11) is 0. The van der Waals surface area contributed by atoms with E-state index in [-0.39, 0.29) is 18.4 Å². The molecule has 120 valence electrons. The first-order chi connectivity index (χ1) is 10.7. The topological polar surface area (TPSA) is 79.8 Å². The standard InChI is InChI=1S/C16H23N3O3/c1-2-22-15(21)11-14(20)17-9-4-6-13-8-7-12-5-3-10-18-16(12)19-13/h5,7-8,13H,2-4,6,9-11H2,1H3,(H,17,20)(H,18,19). The van der Waals surface area contributed by atoms with Crippen LogP contribution in [0.2, 0.25) is 0 Å². The van der Waals surface area contributed by atoms with E-state index in [1.807, 2.05) is 0 Å². The zero-order valence-electron chi connectivity index (χ0n) is 12.9. The van der Waals surface area contributed by atoms with Crippen molar-refractivity contribution in [1.82, 2.24) is 10.6 Å². The van der Waals surface area contributed by atoms with Gasteiger partial charge in [0.15, 0.2) is 0 Å². The molecule has 2 aliphatic heterocycles. The van der Waals surface area contributed by atoms with Gasteiger partial charge in [0, 0.05) is 24.7 Å². The molecule has 2 aliphatic rings. The van der Waals surface area contributed by atoms with Crippen LogP contribution in [0.3, 0.4) is 0 Å². The summed E-state index contributed by atoms with van der Waals surface area (Å²) in [4.78, 5) is 27.1. The number of fused-ring (bicyclic) bond motifs is 1. The van der Waals surface area contributed by atoms with Gasteiger partial charge in [0.25, 0.3) is 0 Å². The van der Waals surface area contributed by atoms with E-state index in [4.69, 9.17) is 4.74 Å². The lowest BCUT2D eigenvalue weighted by Gasteiger charge is -2.25. The fraction of sp³-hybridized carbons (Fsp3) is 0.562. The average Bonchev–Trinajstić information content (AvgIpc) is 2.51. The molecule has 0 aromatic carbocycles. The van der Waals surface area contributed by atoms with Crippen LogP contribution in [0.4, 0.5) is 0 Å². The van der Waals surface area contributed by atoms with Gasteiger partial charge < -0.3 is 15.4 Å². The van der Waals surface area contributed by atoms with Crippen molar-refractivity contribution in [1.29, 1.82) is 0 Å². The fourth-order valence-electron chi connectivity index (χ4n) is 2.43. The lowest BCUT2D eigenvalue weighted by molar-refractivity contribution is -0.145. The van der Waals surface area contributed by atoms with Crippen LogP contribution >= 0.6 is 0 Å². The highest BCUT2D eigenvalue weighted by Crippen LogP contribution is 2.14. The van der Waals surface area contributed by atoms with Crippen LogP contribution in [-0.4, -0.2) is 43.5 Å². The van der Waals surface area contributed by atoms with Crippen molar-refractivity contribution >= 4 is 17.7 Å². The van der Waals surface area contributed by atoms with Crippen molar-refractivity contribution in [3.8, 4) is 0 Å². The Hall–Kier alpha value is -2.11. The van der Waals surface area contributed by atoms with Gasteiger partial charge >= 0.3 is 5.97 Å². The van der Waals surface area contributed by atoms with E-state index in [2.05, 4.69) is 33.9 Å². The normalized spacial score (nSPS) is 19.4. The van der Waals surface area contributed by atoms with Gasteiger partial charge in [-0.1, -0.05) is 18.2 Å². The number of carbonyl (C=O) groups is 2. The number of amides is 1. The van der Waals surface area contributed by atoms with E-state index in [1.54, 1.807) is 6.92 Å². The van der Waals surface area contributed by atoms with Gasteiger partial charge in [-0.05, 0) is 26.2 Å². The minimum atomic E-state index is -0.480. The molecule has 2 rings (SSSR count). The van der Waals surface area contributed by atoms with Gasteiger partial charge in [0.1, 0.15) is 12.3 Å². The predicted molar refractivity (Wildman–Crippen MR) is 84.6 cm³/mol. The minimum Gasteiger partial charge on any atom is -0.466 e. The van der Waals surface area contributed by atoms with Gasteiger partial charge in [-0.3, -0.25) is 14.6 Å². The first-order valence-corrected chi connectivity index (χ1v) is 7.81. The molecule has 0 radical (unpaired) electrons. The zero-order valence-corrected chi connectivity index (χ0v) is 12.9. The molecule has 0 bridgehead atoms. The van der Waals surface area contributed by atoms with Gasteiger partial charge in [-0.15, -0.1) is 0 Å². The molecule has 0 aromatic rings. The second kappa shape index (κ2) is 8.36. The van der Waals surface area contributed by atoms with Crippen LogP contribution in [0.15, 0.2) is 28.8 Å². The zero-order chi connectivity index (χ0) is 15.8. The quantitative estimate of drug-likeness (QED) is 0.419. The van der Waals surface area contributed by atoms with E-state index in [1.165, 1.54) is 5.57 Å². The van der Waals surface area contributed by atoms with E-state index in [0.29, 0.717) is 13.2 Å². The molecule has 2 heterocycles. The van der Waals surface area contributed by atoms with Crippen LogP contribution in [-0.2, 0) is 14.3 Å². The second-order valence-electron chi connectivity index (χ2n) is 5.26. The molecule has 1 amide bonds. The van der Waals surface area contributed by atoms with Crippen molar-refractivity contribution in [3.05, 3.63) is 23.8 Å². The van der Waals surface area contributed by atoms with Gasteiger partial charge in [0.05, 0.1) is 6.61 Å². The number of aliphatic imine (C=N–C) groups is 1. The molecule has 1 atom stereocenters. The summed E-state index contributed by atoms with van der Waals surface area (Å²) < 4.78 is 4.73. The number of carbonyl (C=O) groups excluding carboxylic acids is 2. The largest absolute Gasteiger partial charge is 0.466 e. The highest BCUT2D eigenvalue weighted by Gasteiger charge is 2.17. The molecule has 22 heavy (non-hydrogen) atoms. The number of nitrogens with zero attached hydrogens (tertiary/aromatic N) is 1. The average molecular weight is 305 g/mol. The minimum absolute atomic E-state index is 0.208. The van der Waals surface area contributed by atoms with Gasteiger partial charge in [-0.2, -0.15) is 0 Å². The summed E-state index contributed by atoms with van der Waals surface area (Å²) >= 11 is 0. The third-order valence-corrected chi connectivity index (χ3v) is 3.49. The first kappa shape index (κ1) is 16.3. The maximum absolute atomic E-state index is 11.5. The molecular weight excluding hydrogens is 282 g/mol. The van der Waals surface area contributed by atoms with Crippen LogP contribution in [0.25, 0.3) is 0 Å². The Labute approximate surface area is 130 Å². The molecule has 0 fully saturated rings. The smallest absolute Gasteiger partial charge is 0.315 e. The van der Waals surface area contributed by atoms with Crippen LogP contribution in [0, 0.1) is 0 Å². The molecule has 6 nitrogen and oxygen atoms in total. The van der Waals surface area contributed by atoms with Crippen LogP contribution in [0.1, 0.15) is 32.6 Å². The second-order valence-corrected chi connectivity index (χ2v) is 5.26. The van der Waals surface area contributed by atoms with Crippen molar-refractivity contribution in [2.24, 2.45) is 4.99 Å². The summed E-state index contributed by atoms with van der Waals surface area (Å²) in [6, 6.07) is 0.246. The highest BCUT2D eigenvalue weighted by atomic mass is 16.5. The molecular formula is C16H23N3O3. The Morgan fingerprint density at radius 3 is 3.18 bits per heavy atom.